The molecule has 0 heterocycles. The summed E-state index contributed by atoms with van der Waals surface area (Å²) in [4.78, 5) is 12.1. The molecule has 0 bridgehead atoms. The number of esters is 1. The van der Waals surface area contributed by atoms with Crippen molar-refractivity contribution >= 4 is 5.97 Å². The van der Waals surface area contributed by atoms with Gasteiger partial charge in [-0.3, -0.25) is 4.79 Å². The zero-order valence-corrected chi connectivity index (χ0v) is 11.2. The molecule has 0 saturated heterocycles. The van der Waals surface area contributed by atoms with E-state index >= 15 is 0 Å². The molecule has 2 saturated carbocycles. The molecule has 0 spiro atoms. The van der Waals surface area contributed by atoms with E-state index in [1.165, 1.54) is 13.5 Å². The van der Waals surface area contributed by atoms with Crippen molar-refractivity contribution in [3.8, 4) is 0 Å². The van der Waals surface area contributed by atoms with Crippen LogP contribution in [0.25, 0.3) is 0 Å². The fourth-order valence-corrected chi connectivity index (χ4v) is 4.06. The molecule has 2 fully saturated rings. The van der Waals surface area contributed by atoms with Crippen LogP contribution in [0.5, 0.6) is 0 Å². The van der Waals surface area contributed by atoms with Gasteiger partial charge in [-0.1, -0.05) is 33.1 Å². The smallest absolute Gasteiger partial charge is 0.314 e. The second kappa shape index (κ2) is 3.98. The highest BCUT2D eigenvalue weighted by Gasteiger charge is 2.65. The van der Waals surface area contributed by atoms with Crippen LogP contribution in [0.4, 0.5) is 0 Å². The summed E-state index contributed by atoms with van der Waals surface area (Å²) in [5, 5.41) is 10.9. The summed E-state index contributed by atoms with van der Waals surface area (Å²) in [7, 11) is 1.43. The Morgan fingerprint density at radius 3 is 2.06 bits per heavy atom. The lowest BCUT2D eigenvalue weighted by atomic mass is 9.46. The molecule has 3 nitrogen and oxygen atoms in total. The Morgan fingerprint density at radius 1 is 1.12 bits per heavy atom. The van der Waals surface area contributed by atoms with Gasteiger partial charge < -0.3 is 9.84 Å². The van der Waals surface area contributed by atoms with Gasteiger partial charge in [0.25, 0.3) is 0 Å². The van der Waals surface area contributed by atoms with Gasteiger partial charge in [0.05, 0.1) is 18.1 Å². The molecule has 2 aliphatic carbocycles. The second-order valence-corrected chi connectivity index (χ2v) is 6.68. The first-order valence-electron chi connectivity index (χ1n) is 6.66. The van der Waals surface area contributed by atoms with E-state index in [-0.39, 0.29) is 11.4 Å². The standard InChI is InChI=1S/C14H24O3/c1-12(2)9-13(10-12,11(15)17-3)14(16)7-5-4-6-8-14/h16H,4-10H2,1-3H3. The van der Waals surface area contributed by atoms with E-state index in [1.807, 2.05) is 0 Å². The minimum atomic E-state index is -0.826. The first kappa shape index (κ1) is 12.9. The van der Waals surface area contributed by atoms with E-state index in [9.17, 15) is 9.90 Å². The van der Waals surface area contributed by atoms with E-state index in [0.29, 0.717) is 0 Å². The maximum atomic E-state index is 12.1. The summed E-state index contributed by atoms with van der Waals surface area (Å²) in [6, 6.07) is 0. The molecular weight excluding hydrogens is 216 g/mol. The number of carbonyl (C=O) groups excluding carboxylic acids is 1. The molecule has 0 atom stereocenters. The highest BCUT2D eigenvalue weighted by molar-refractivity contribution is 5.80. The van der Waals surface area contributed by atoms with Crippen LogP contribution in [0.15, 0.2) is 0 Å². The lowest BCUT2D eigenvalue weighted by Crippen LogP contribution is -2.63. The first-order chi connectivity index (χ1) is 7.85. The Kier molecular flexibility index (Phi) is 3.01. The van der Waals surface area contributed by atoms with Crippen LogP contribution in [0.3, 0.4) is 0 Å². The van der Waals surface area contributed by atoms with Crippen LogP contribution >= 0.6 is 0 Å². The molecule has 3 heteroatoms. The third-order valence-electron chi connectivity index (χ3n) is 4.71. The maximum Gasteiger partial charge on any atom is 0.314 e. The number of rotatable bonds is 2. The van der Waals surface area contributed by atoms with Crippen LogP contribution < -0.4 is 0 Å². The summed E-state index contributed by atoms with van der Waals surface area (Å²) in [5.74, 6) is -0.207. The molecule has 98 valence electrons. The quantitative estimate of drug-likeness (QED) is 0.755. The van der Waals surface area contributed by atoms with E-state index < -0.39 is 11.0 Å². The van der Waals surface area contributed by atoms with Crippen molar-refractivity contribution in [1.29, 1.82) is 0 Å². The maximum absolute atomic E-state index is 12.1. The van der Waals surface area contributed by atoms with Gasteiger partial charge in [-0.15, -0.1) is 0 Å². The van der Waals surface area contributed by atoms with Gasteiger partial charge >= 0.3 is 5.97 Å². The summed E-state index contributed by atoms with van der Waals surface area (Å²) < 4.78 is 4.97. The van der Waals surface area contributed by atoms with Crippen molar-refractivity contribution in [2.75, 3.05) is 7.11 Å². The number of hydrogen-bond donors (Lipinski definition) is 1. The highest BCUT2D eigenvalue weighted by Crippen LogP contribution is 2.62. The van der Waals surface area contributed by atoms with Crippen LogP contribution in [0.2, 0.25) is 0 Å². The number of methoxy groups -OCH3 is 1. The topological polar surface area (TPSA) is 46.5 Å². The Hall–Kier alpha value is -0.570. The molecule has 0 aromatic carbocycles. The number of carbonyl (C=O) groups is 1. The molecule has 2 rings (SSSR count). The van der Waals surface area contributed by atoms with Crippen molar-refractivity contribution in [3.05, 3.63) is 0 Å². The fraction of sp³-hybridized carbons (Fsp3) is 0.929. The van der Waals surface area contributed by atoms with Gasteiger partial charge in [-0.2, -0.15) is 0 Å². The Morgan fingerprint density at radius 2 is 1.65 bits per heavy atom. The molecule has 0 radical (unpaired) electrons. The molecule has 0 aliphatic heterocycles. The zero-order chi connectivity index (χ0) is 12.7. The van der Waals surface area contributed by atoms with E-state index in [0.717, 1.165) is 38.5 Å². The van der Waals surface area contributed by atoms with Gasteiger partial charge in [0.1, 0.15) is 0 Å². The van der Waals surface area contributed by atoms with E-state index in [2.05, 4.69) is 13.8 Å². The zero-order valence-electron chi connectivity index (χ0n) is 11.2. The fourth-order valence-electron chi connectivity index (χ4n) is 4.06. The number of aliphatic hydroxyl groups is 1. The second-order valence-electron chi connectivity index (χ2n) is 6.68. The van der Waals surface area contributed by atoms with Crippen LogP contribution in [0, 0.1) is 10.8 Å². The van der Waals surface area contributed by atoms with Gasteiger partial charge in [-0.25, -0.2) is 0 Å². The minimum absolute atomic E-state index is 0.154. The molecular formula is C14H24O3. The predicted octanol–water partition coefficient (Wildman–Crippen LogP) is 2.66. The average Bonchev–Trinajstić information content (AvgIpc) is 2.25. The van der Waals surface area contributed by atoms with Crippen molar-refractivity contribution in [2.45, 2.75) is 64.4 Å². The largest absolute Gasteiger partial charge is 0.469 e. The van der Waals surface area contributed by atoms with Crippen molar-refractivity contribution in [2.24, 2.45) is 10.8 Å². The Bertz CT molecular complexity index is 305. The van der Waals surface area contributed by atoms with Crippen molar-refractivity contribution in [3.63, 3.8) is 0 Å². The molecule has 17 heavy (non-hydrogen) atoms. The van der Waals surface area contributed by atoms with Gasteiger partial charge in [0, 0.05) is 0 Å². The molecule has 2 aliphatic rings. The third-order valence-corrected chi connectivity index (χ3v) is 4.71. The normalized spacial score (nSPS) is 29.2. The van der Waals surface area contributed by atoms with Gasteiger partial charge in [0.2, 0.25) is 0 Å². The number of hydrogen-bond acceptors (Lipinski definition) is 3. The summed E-state index contributed by atoms with van der Waals surface area (Å²) in [6.45, 7) is 4.31. The SMILES string of the molecule is COC(=O)C1(C2(O)CCCCC2)CC(C)(C)C1. The summed E-state index contributed by atoms with van der Waals surface area (Å²) in [5.41, 5.74) is -1.30. The third kappa shape index (κ3) is 1.88. The van der Waals surface area contributed by atoms with Crippen molar-refractivity contribution in [1.82, 2.24) is 0 Å². The molecule has 0 aromatic rings. The van der Waals surface area contributed by atoms with Gasteiger partial charge in [-0.05, 0) is 31.1 Å². The monoisotopic (exact) mass is 240 g/mol. The lowest BCUT2D eigenvalue weighted by molar-refractivity contribution is -0.215. The van der Waals surface area contributed by atoms with Crippen molar-refractivity contribution < 1.29 is 14.6 Å². The lowest BCUT2D eigenvalue weighted by Gasteiger charge is -2.59. The summed E-state index contributed by atoms with van der Waals surface area (Å²) in [6.07, 6.45) is 6.22. The predicted molar refractivity (Wildman–Crippen MR) is 65.5 cm³/mol. The van der Waals surface area contributed by atoms with Gasteiger partial charge in [0.15, 0.2) is 0 Å². The summed E-state index contributed by atoms with van der Waals surface area (Å²) >= 11 is 0. The average molecular weight is 240 g/mol. The van der Waals surface area contributed by atoms with Crippen LogP contribution in [-0.2, 0) is 9.53 Å². The highest BCUT2D eigenvalue weighted by atomic mass is 16.5. The first-order valence-corrected chi connectivity index (χ1v) is 6.66. The molecule has 0 aromatic heterocycles. The van der Waals surface area contributed by atoms with E-state index in [1.54, 1.807) is 0 Å². The Labute approximate surface area is 104 Å². The molecule has 1 N–H and O–H groups in total. The minimum Gasteiger partial charge on any atom is -0.469 e. The molecule has 0 amide bonds. The van der Waals surface area contributed by atoms with E-state index in [4.69, 9.17) is 4.74 Å². The van der Waals surface area contributed by atoms with Crippen LogP contribution in [0.1, 0.15) is 58.8 Å². The Balaban J connectivity index is 2.25. The number of ether oxygens (including phenoxy) is 1. The molecule has 0 unspecified atom stereocenters. The van der Waals surface area contributed by atoms with Crippen LogP contribution in [-0.4, -0.2) is 23.8 Å².